The van der Waals surface area contributed by atoms with E-state index >= 15 is 0 Å². The summed E-state index contributed by atoms with van der Waals surface area (Å²) in [5.41, 5.74) is 0.575. The van der Waals surface area contributed by atoms with Crippen LogP contribution in [0.1, 0.15) is 31.1 Å². The lowest BCUT2D eigenvalue weighted by Crippen LogP contribution is -2.23. The molecule has 19 heavy (non-hydrogen) atoms. The molecule has 2 aromatic heterocycles. The minimum absolute atomic E-state index is 0.196. The van der Waals surface area contributed by atoms with Crippen molar-refractivity contribution in [1.82, 2.24) is 25.1 Å². The third-order valence-corrected chi connectivity index (χ3v) is 2.73. The van der Waals surface area contributed by atoms with E-state index in [4.69, 9.17) is 0 Å². The highest BCUT2D eigenvalue weighted by molar-refractivity contribution is 5.30. The maximum absolute atomic E-state index is 14.4. The largest absolute Gasteiger partial charge is 0.310 e. The highest BCUT2D eigenvalue weighted by Gasteiger charge is 2.14. The number of aryl methyl sites for hydroxylation is 2. The van der Waals surface area contributed by atoms with E-state index in [0.717, 1.165) is 0 Å². The van der Waals surface area contributed by atoms with E-state index in [9.17, 15) is 4.39 Å². The summed E-state index contributed by atoms with van der Waals surface area (Å²) in [7, 11) is 0. The molecule has 0 unspecified atom stereocenters. The number of hydrogen-bond donors (Lipinski definition) is 1. The molecule has 1 N–H and O–H groups in total. The Morgan fingerprint density at radius 2 is 2.11 bits per heavy atom. The topological polar surface area (TPSA) is 55.6 Å². The van der Waals surface area contributed by atoms with Crippen LogP contribution in [0.25, 0.3) is 5.82 Å². The Hall–Kier alpha value is -1.82. The molecular weight excluding hydrogens is 245 g/mol. The van der Waals surface area contributed by atoms with Crippen molar-refractivity contribution >= 4 is 0 Å². The van der Waals surface area contributed by atoms with Gasteiger partial charge in [-0.05, 0) is 19.9 Å². The Labute approximate surface area is 111 Å². The second-order valence-electron chi connectivity index (χ2n) is 4.76. The zero-order valence-corrected chi connectivity index (χ0v) is 11.6. The molecule has 0 saturated carbocycles. The standard InChI is InChI=1S/C13H18FN5/c1-8(2)16-7-11-5-6-15-13(12(11)14)19-10(4)17-9(3)18-19/h5-6,8,16H,7H2,1-4H3. The first-order valence-corrected chi connectivity index (χ1v) is 6.26. The first-order valence-electron chi connectivity index (χ1n) is 6.26. The first kappa shape index (κ1) is 13.6. The van der Waals surface area contributed by atoms with Gasteiger partial charge in [-0.2, -0.15) is 4.68 Å². The van der Waals surface area contributed by atoms with Gasteiger partial charge in [0, 0.05) is 24.3 Å². The van der Waals surface area contributed by atoms with E-state index in [1.54, 1.807) is 26.1 Å². The van der Waals surface area contributed by atoms with Gasteiger partial charge in [-0.25, -0.2) is 14.4 Å². The lowest BCUT2D eigenvalue weighted by atomic mass is 10.2. The number of pyridine rings is 1. The first-order chi connectivity index (χ1) is 8.99. The van der Waals surface area contributed by atoms with Gasteiger partial charge in [-0.3, -0.25) is 0 Å². The second-order valence-corrected chi connectivity index (χ2v) is 4.76. The Morgan fingerprint density at radius 1 is 1.37 bits per heavy atom. The van der Waals surface area contributed by atoms with Crippen molar-refractivity contribution in [3.8, 4) is 5.82 Å². The molecule has 2 heterocycles. The fourth-order valence-corrected chi connectivity index (χ4v) is 1.79. The number of hydrogen-bond acceptors (Lipinski definition) is 4. The number of nitrogens with one attached hydrogen (secondary N) is 1. The van der Waals surface area contributed by atoms with Crippen LogP contribution in [0.4, 0.5) is 4.39 Å². The van der Waals surface area contributed by atoms with Crippen LogP contribution in [0.15, 0.2) is 12.3 Å². The summed E-state index contributed by atoms with van der Waals surface area (Å²) < 4.78 is 15.8. The Bertz CT molecular complexity index is 576. The molecule has 0 aliphatic rings. The van der Waals surface area contributed by atoms with E-state index in [1.165, 1.54) is 4.68 Å². The van der Waals surface area contributed by atoms with Crippen LogP contribution >= 0.6 is 0 Å². The fourth-order valence-electron chi connectivity index (χ4n) is 1.79. The molecule has 0 bridgehead atoms. The molecule has 2 rings (SSSR count). The van der Waals surface area contributed by atoms with Crippen molar-refractivity contribution in [2.75, 3.05) is 0 Å². The normalized spacial score (nSPS) is 11.3. The Kier molecular flexibility index (Phi) is 3.90. The molecule has 5 nitrogen and oxygen atoms in total. The maximum atomic E-state index is 14.4. The van der Waals surface area contributed by atoms with Gasteiger partial charge in [-0.1, -0.05) is 13.8 Å². The number of nitrogens with zero attached hydrogens (tertiary/aromatic N) is 4. The average Bonchev–Trinajstić information content (AvgIpc) is 2.67. The van der Waals surface area contributed by atoms with Crippen LogP contribution in [0.3, 0.4) is 0 Å². The van der Waals surface area contributed by atoms with Crippen molar-refractivity contribution in [3.05, 3.63) is 35.3 Å². The fraction of sp³-hybridized carbons (Fsp3) is 0.462. The van der Waals surface area contributed by atoms with E-state index in [0.29, 0.717) is 29.8 Å². The van der Waals surface area contributed by atoms with Gasteiger partial charge in [0.05, 0.1) is 0 Å². The summed E-state index contributed by atoms with van der Waals surface area (Å²) >= 11 is 0. The van der Waals surface area contributed by atoms with Crippen LogP contribution < -0.4 is 5.32 Å². The Balaban J connectivity index is 2.37. The van der Waals surface area contributed by atoms with Crippen molar-refractivity contribution < 1.29 is 4.39 Å². The summed E-state index contributed by atoms with van der Waals surface area (Å²) in [6, 6.07) is 1.97. The molecule has 0 spiro atoms. The summed E-state index contributed by atoms with van der Waals surface area (Å²) in [4.78, 5) is 8.23. The van der Waals surface area contributed by atoms with Crippen molar-refractivity contribution in [2.45, 2.75) is 40.3 Å². The van der Waals surface area contributed by atoms with Gasteiger partial charge in [0.1, 0.15) is 11.6 Å². The van der Waals surface area contributed by atoms with Crippen molar-refractivity contribution in [1.29, 1.82) is 0 Å². The predicted molar refractivity (Wildman–Crippen MR) is 70.6 cm³/mol. The van der Waals surface area contributed by atoms with E-state index in [2.05, 4.69) is 20.4 Å². The predicted octanol–water partition coefficient (Wildman–Crippen LogP) is 1.92. The number of aromatic nitrogens is 4. The van der Waals surface area contributed by atoms with Crippen LogP contribution in [0, 0.1) is 19.7 Å². The molecule has 0 saturated heterocycles. The highest BCUT2D eigenvalue weighted by Crippen LogP contribution is 2.15. The highest BCUT2D eigenvalue weighted by atomic mass is 19.1. The third kappa shape index (κ3) is 2.96. The van der Waals surface area contributed by atoms with Crippen LogP contribution in [-0.4, -0.2) is 25.8 Å². The lowest BCUT2D eigenvalue weighted by molar-refractivity contribution is 0.541. The van der Waals surface area contributed by atoms with Gasteiger partial charge in [0.15, 0.2) is 11.6 Å². The molecule has 0 amide bonds. The summed E-state index contributed by atoms with van der Waals surface area (Å²) in [6.45, 7) is 8.05. The SMILES string of the molecule is Cc1nc(C)n(-c2nccc(CNC(C)C)c2F)n1. The second kappa shape index (κ2) is 5.44. The van der Waals surface area contributed by atoms with E-state index in [1.807, 2.05) is 13.8 Å². The van der Waals surface area contributed by atoms with Gasteiger partial charge in [0.25, 0.3) is 0 Å². The maximum Gasteiger partial charge on any atom is 0.191 e. The van der Waals surface area contributed by atoms with E-state index < -0.39 is 0 Å². The van der Waals surface area contributed by atoms with Crippen LogP contribution in [0.5, 0.6) is 0 Å². The van der Waals surface area contributed by atoms with Gasteiger partial charge >= 0.3 is 0 Å². The van der Waals surface area contributed by atoms with Gasteiger partial charge in [-0.15, -0.1) is 5.10 Å². The smallest absolute Gasteiger partial charge is 0.191 e. The molecule has 0 aliphatic heterocycles. The minimum atomic E-state index is -0.358. The monoisotopic (exact) mass is 263 g/mol. The molecule has 2 aromatic rings. The zero-order valence-electron chi connectivity index (χ0n) is 11.6. The zero-order chi connectivity index (χ0) is 14.0. The van der Waals surface area contributed by atoms with Gasteiger partial charge in [0.2, 0.25) is 0 Å². The lowest BCUT2D eigenvalue weighted by Gasteiger charge is -2.11. The minimum Gasteiger partial charge on any atom is -0.310 e. The van der Waals surface area contributed by atoms with E-state index in [-0.39, 0.29) is 11.6 Å². The van der Waals surface area contributed by atoms with Crippen LogP contribution in [0.2, 0.25) is 0 Å². The summed E-state index contributed by atoms with van der Waals surface area (Å²) in [5.74, 6) is 1.06. The molecule has 102 valence electrons. The quantitative estimate of drug-likeness (QED) is 0.915. The third-order valence-electron chi connectivity index (χ3n) is 2.73. The molecular formula is C13H18FN5. The number of rotatable bonds is 4. The molecule has 0 atom stereocenters. The summed E-state index contributed by atoms with van der Waals surface area (Å²) in [6.07, 6.45) is 1.59. The average molecular weight is 263 g/mol. The number of halogens is 1. The molecule has 0 aliphatic carbocycles. The van der Waals surface area contributed by atoms with Crippen LogP contribution in [-0.2, 0) is 6.54 Å². The van der Waals surface area contributed by atoms with Crippen molar-refractivity contribution in [2.24, 2.45) is 0 Å². The summed E-state index contributed by atoms with van der Waals surface area (Å²) in [5, 5.41) is 7.35. The molecule has 0 fully saturated rings. The van der Waals surface area contributed by atoms with Gasteiger partial charge < -0.3 is 5.32 Å². The van der Waals surface area contributed by atoms with Crippen molar-refractivity contribution in [3.63, 3.8) is 0 Å². The molecule has 0 radical (unpaired) electrons. The Morgan fingerprint density at radius 3 is 2.68 bits per heavy atom. The molecule has 6 heteroatoms. The molecule has 0 aromatic carbocycles.